The van der Waals surface area contributed by atoms with Gasteiger partial charge >= 0.3 is 0 Å². The summed E-state index contributed by atoms with van der Waals surface area (Å²) >= 11 is 13.3. The Hall–Kier alpha value is -2.48. The molecule has 0 saturated heterocycles. The van der Waals surface area contributed by atoms with Gasteiger partial charge in [-0.15, -0.1) is 11.3 Å². The maximum Gasteiger partial charge on any atom is 0.270 e. The van der Waals surface area contributed by atoms with Crippen molar-refractivity contribution in [1.82, 2.24) is 4.98 Å². The summed E-state index contributed by atoms with van der Waals surface area (Å²) in [5.41, 5.74) is 1.15. The second-order valence-electron chi connectivity index (χ2n) is 4.89. The molecular formula is C16H9Cl2N3O3S. The van der Waals surface area contributed by atoms with Crippen molar-refractivity contribution in [2.75, 3.05) is 5.32 Å². The molecule has 0 radical (unpaired) electrons. The fourth-order valence-corrected chi connectivity index (χ4v) is 3.23. The molecule has 0 aliphatic rings. The van der Waals surface area contributed by atoms with Gasteiger partial charge in [-0.2, -0.15) is 0 Å². The van der Waals surface area contributed by atoms with E-state index in [4.69, 9.17) is 23.2 Å². The normalized spacial score (nSPS) is 10.5. The predicted molar refractivity (Wildman–Crippen MR) is 98.6 cm³/mol. The van der Waals surface area contributed by atoms with Crippen molar-refractivity contribution < 1.29 is 9.72 Å². The van der Waals surface area contributed by atoms with Crippen LogP contribution < -0.4 is 5.32 Å². The van der Waals surface area contributed by atoms with Crippen LogP contribution in [0.25, 0.3) is 11.3 Å². The van der Waals surface area contributed by atoms with Crippen molar-refractivity contribution in [3.05, 3.63) is 73.6 Å². The van der Waals surface area contributed by atoms with Crippen molar-refractivity contribution in [3.63, 3.8) is 0 Å². The standard InChI is InChI=1S/C16H9Cl2N3O3S/c17-12-4-2-1-3-10(12)14-8-25-16(19-14)20-15(22)11-7-9(21(23)24)5-6-13(11)18/h1-8H,(H,19,20,22). The average Bonchev–Trinajstić information content (AvgIpc) is 3.03. The van der Waals surface area contributed by atoms with Crippen LogP contribution in [-0.2, 0) is 0 Å². The molecule has 9 heteroatoms. The van der Waals surface area contributed by atoms with Crippen LogP contribution in [0.3, 0.4) is 0 Å². The first-order valence-electron chi connectivity index (χ1n) is 6.91. The molecule has 0 fully saturated rings. The minimum absolute atomic E-state index is 0.00496. The monoisotopic (exact) mass is 393 g/mol. The number of rotatable bonds is 4. The number of anilines is 1. The van der Waals surface area contributed by atoms with E-state index in [0.29, 0.717) is 15.8 Å². The first kappa shape index (κ1) is 17.3. The fourth-order valence-electron chi connectivity index (χ4n) is 2.09. The number of nitro benzene ring substituents is 1. The van der Waals surface area contributed by atoms with Crippen LogP contribution >= 0.6 is 34.5 Å². The third kappa shape index (κ3) is 3.79. The summed E-state index contributed by atoms with van der Waals surface area (Å²) in [5, 5.41) is 16.2. The van der Waals surface area contributed by atoms with Crippen LogP contribution in [0.15, 0.2) is 47.8 Å². The Morgan fingerprint density at radius 2 is 1.92 bits per heavy atom. The van der Waals surface area contributed by atoms with Gasteiger partial charge in [-0.1, -0.05) is 41.4 Å². The molecule has 0 spiro atoms. The van der Waals surface area contributed by atoms with Crippen LogP contribution in [0.1, 0.15) is 10.4 Å². The van der Waals surface area contributed by atoms with E-state index < -0.39 is 10.8 Å². The number of halogens is 2. The highest BCUT2D eigenvalue weighted by molar-refractivity contribution is 7.14. The topological polar surface area (TPSA) is 85.1 Å². The van der Waals surface area contributed by atoms with Gasteiger partial charge in [0.25, 0.3) is 11.6 Å². The summed E-state index contributed by atoms with van der Waals surface area (Å²) in [6.45, 7) is 0. The number of hydrogen-bond acceptors (Lipinski definition) is 5. The molecule has 0 aliphatic carbocycles. The summed E-state index contributed by atoms with van der Waals surface area (Å²) in [5.74, 6) is -0.575. The lowest BCUT2D eigenvalue weighted by molar-refractivity contribution is -0.384. The van der Waals surface area contributed by atoms with Crippen LogP contribution in [0.4, 0.5) is 10.8 Å². The smallest absolute Gasteiger partial charge is 0.270 e. The van der Waals surface area contributed by atoms with E-state index in [9.17, 15) is 14.9 Å². The number of amides is 1. The molecule has 1 amide bonds. The Bertz CT molecular complexity index is 975. The largest absolute Gasteiger partial charge is 0.298 e. The van der Waals surface area contributed by atoms with E-state index in [-0.39, 0.29) is 16.3 Å². The Morgan fingerprint density at radius 3 is 2.64 bits per heavy atom. The Morgan fingerprint density at radius 1 is 1.16 bits per heavy atom. The van der Waals surface area contributed by atoms with E-state index in [1.54, 1.807) is 11.4 Å². The van der Waals surface area contributed by atoms with Gasteiger partial charge in [0.1, 0.15) is 0 Å². The first-order chi connectivity index (χ1) is 12.0. The number of carbonyl (C=O) groups is 1. The Labute approximate surface area is 156 Å². The molecule has 25 heavy (non-hydrogen) atoms. The summed E-state index contributed by atoms with van der Waals surface area (Å²) in [7, 11) is 0. The predicted octanol–water partition coefficient (Wildman–Crippen LogP) is 5.28. The number of non-ortho nitro benzene ring substituents is 1. The van der Waals surface area contributed by atoms with E-state index in [1.165, 1.54) is 23.5 Å². The highest BCUT2D eigenvalue weighted by atomic mass is 35.5. The van der Waals surface area contributed by atoms with E-state index >= 15 is 0 Å². The summed E-state index contributed by atoms with van der Waals surface area (Å²) in [4.78, 5) is 26.9. The maximum atomic E-state index is 12.3. The number of benzene rings is 2. The van der Waals surface area contributed by atoms with Gasteiger partial charge in [0, 0.05) is 28.1 Å². The van der Waals surface area contributed by atoms with E-state index in [2.05, 4.69) is 10.3 Å². The molecule has 6 nitrogen and oxygen atoms in total. The number of thiazole rings is 1. The van der Waals surface area contributed by atoms with E-state index in [0.717, 1.165) is 11.6 Å². The molecule has 0 atom stereocenters. The zero-order chi connectivity index (χ0) is 18.0. The molecule has 1 heterocycles. The van der Waals surface area contributed by atoms with Crippen molar-refractivity contribution in [3.8, 4) is 11.3 Å². The minimum atomic E-state index is -0.591. The highest BCUT2D eigenvalue weighted by Gasteiger charge is 2.17. The van der Waals surface area contributed by atoms with Gasteiger partial charge in [-0.05, 0) is 12.1 Å². The maximum absolute atomic E-state index is 12.3. The van der Waals surface area contributed by atoms with Gasteiger partial charge in [-0.3, -0.25) is 20.2 Å². The molecule has 2 aromatic carbocycles. The minimum Gasteiger partial charge on any atom is -0.298 e. The molecular weight excluding hydrogens is 385 g/mol. The van der Waals surface area contributed by atoms with Crippen molar-refractivity contribution >= 4 is 51.3 Å². The van der Waals surface area contributed by atoms with Gasteiger partial charge in [0.05, 0.1) is 21.2 Å². The lowest BCUT2D eigenvalue weighted by Crippen LogP contribution is -2.12. The molecule has 1 aromatic heterocycles. The van der Waals surface area contributed by atoms with Gasteiger partial charge < -0.3 is 0 Å². The number of aromatic nitrogens is 1. The SMILES string of the molecule is O=C(Nc1nc(-c2ccccc2Cl)cs1)c1cc([N+](=O)[O-])ccc1Cl. The summed E-state index contributed by atoms with van der Waals surface area (Å²) < 4.78 is 0. The molecule has 0 saturated carbocycles. The number of nitro groups is 1. The van der Waals surface area contributed by atoms with Crippen molar-refractivity contribution in [2.45, 2.75) is 0 Å². The Balaban J connectivity index is 1.84. The lowest BCUT2D eigenvalue weighted by Gasteiger charge is -2.04. The third-order valence-corrected chi connectivity index (χ3v) is 4.70. The molecule has 0 unspecified atom stereocenters. The molecule has 126 valence electrons. The summed E-state index contributed by atoms with van der Waals surface area (Å²) in [6.07, 6.45) is 0. The number of nitrogens with zero attached hydrogens (tertiary/aromatic N) is 2. The van der Waals surface area contributed by atoms with Crippen LogP contribution in [0.2, 0.25) is 10.0 Å². The molecule has 0 aliphatic heterocycles. The fraction of sp³-hybridized carbons (Fsp3) is 0. The van der Waals surface area contributed by atoms with Crippen molar-refractivity contribution in [1.29, 1.82) is 0 Å². The zero-order valence-electron chi connectivity index (χ0n) is 12.4. The third-order valence-electron chi connectivity index (χ3n) is 3.28. The van der Waals surface area contributed by atoms with Gasteiger partial charge in [-0.25, -0.2) is 4.98 Å². The second-order valence-corrected chi connectivity index (χ2v) is 6.57. The molecule has 3 aromatic rings. The lowest BCUT2D eigenvalue weighted by atomic mass is 10.2. The molecule has 1 N–H and O–H groups in total. The van der Waals surface area contributed by atoms with Crippen molar-refractivity contribution in [2.24, 2.45) is 0 Å². The van der Waals surface area contributed by atoms with Crippen LogP contribution in [0, 0.1) is 10.1 Å². The van der Waals surface area contributed by atoms with Gasteiger partial charge in [0.15, 0.2) is 5.13 Å². The highest BCUT2D eigenvalue weighted by Crippen LogP contribution is 2.31. The molecule has 3 rings (SSSR count). The second kappa shape index (κ2) is 7.18. The van der Waals surface area contributed by atoms with E-state index in [1.807, 2.05) is 18.2 Å². The Kier molecular flexibility index (Phi) is 4.98. The van der Waals surface area contributed by atoms with Crippen LogP contribution in [-0.4, -0.2) is 15.8 Å². The van der Waals surface area contributed by atoms with Crippen LogP contribution in [0.5, 0.6) is 0 Å². The first-order valence-corrected chi connectivity index (χ1v) is 8.55. The van der Waals surface area contributed by atoms with Gasteiger partial charge in [0.2, 0.25) is 0 Å². The zero-order valence-corrected chi connectivity index (χ0v) is 14.7. The average molecular weight is 394 g/mol. The quantitative estimate of drug-likeness (QED) is 0.482. The number of carbonyl (C=O) groups excluding carboxylic acids is 1. The summed E-state index contributed by atoms with van der Waals surface area (Å²) in [6, 6.07) is 10.9. The molecule has 0 bridgehead atoms. The number of nitrogens with one attached hydrogen (secondary N) is 1. The number of hydrogen-bond donors (Lipinski definition) is 1.